The van der Waals surface area contributed by atoms with Gasteiger partial charge >= 0.3 is 5.97 Å². The molecule has 9 nitrogen and oxygen atoms in total. The van der Waals surface area contributed by atoms with Crippen LogP contribution in [0.1, 0.15) is 34.6 Å². The highest BCUT2D eigenvalue weighted by atomic mass is 32.2. The summed E-state index contributed by atoms with van der Waals surface area (Å²) in [6, 6.07) is 9.76. The lowest BCUT2D eigenvalue weighted by Crippen LogP contribution is -2.22. The van der Waals surface area contributed by atoms with E-state index in [-0.39, 0.29) is 18.1 Å². The fourth-order valence-corrected chi connectivity index (χ4v) is 4.88. The van der Waals surface area contributed by atoms with Crippen LogP contribution in [0.2, 0.25) is 0 Å². The molecule has 0 fully saturated rings. The number of carbonyl (C=O) groups is 2. The number of para-hydroxylation sites is 1. The minimum atomic E-state index is -0.571. The van der Waals surface area contributed by atoms with Crippen molar-refractivity contribution in [2.45, 2.75) is 31.2 Å². The SMILES string of the molecule is CCOC(=O)c1sc(NC(=O)C(C)Sc2nnc3c(n2)[nH]c2ccccc23)c(C#N)c1C. The van der Waals surface area contributed by atoms with Crippen LogP contribution in [0.5, 0.6) is 0 Å². The van der Waals surface area contributed by atoms with Gasteiger partial charge in [0.05, 0.1) is 17.4 Å². The molecule has 3 aromatic heterocycles. The molecule has 1 unspecified atom stereocenters. The zero-order chi connectivity index (χ0) is 22.8. The third-order valence-corrected chi connectivity index (χ3v) is 6.85. The molecule has 0 spiro atoms. The Morgan fingerprint density at radius 1 is 1.34 bits per heavy atom. The monoisotopic (exact) mass is 466 g/mol. The van der Waals surface area contributed by atoms with Crippen LogP contribution in [0.15, 0.2) is 29.4 Å². The number of nitriles is 1. The largest absolute Gasteiger partial charge is 0.462 e. The Kier molecular flexibility index (Phi) is 6.07. The van der Waals surface area contributed by atoms with Crippen molar-refractivity contribution in [1.29, 1.82) is 5.26 Å². The van der Waals surface area contributed by atoms with Crippen LogP contribution in [0.4, 0.5) is 5.00 Å². The van der Waals surface area contributed by atoms with Gasteiger partial charge in [0.2, 0.25) is 11.1 Å². The predicted molar refractivity (Wildman–Crippen MR) is 123 cm³/mol. The summed E-state index contributed by atoms with van der Waals surface area (Å²) in [4.78, 5) is 32.9. The number of rotatable bonds is 6. The van der Waals surface area contributed by atoms with Gasteiger partial charge < -0.3 is 15.0 Å². The van der Waals surface area contributed by atoms with Crippen molar-refractivity contribution in [2.75, 3.05) is 11.9 Å². The van der Waals surface area contributed by atoms with E-state index in [2.05, 4.69) is 31.6 Å². The van der Waals surface area contributed by atoms with Gasteiger partial charge in [-0.3, -0.25) is 4.79 Å². The third kappa shape index (κ3) is 4.02. The minimum Gasteiger partial charge on any atom is -0.462 e. The summed E-state index contributed by atoms with van der Waals surface area (Å²) >= 11 is 2.18. The lowest BCUT2D eigenvalue weighted by molar-refractivity contribution is -0.115. The van der Waals surface area contributed by atoms with E-state index in [1.54, 1.807) is 20.8 Å². The lowest BCUT2D eigenvalue weighted by atomic mass is 10.2. The molecule has 0 aliphatic carbocycles. The van der Waals surface area contributed by atoms with Gasteiger partial charge in [0, 0.05) is 10.9 Å². The van der Waals surface area contributed by atoms with Gasteiger partial charge in [-0.2, -0.15) is 5.26 Å². The van der Waals surface area contributed by atoms with Gasteiger partial charge in [-0.05, 0) is 32.4 Å². The molecule has 0 saturated carbocycles. The molecule has 0 radical (unpaired) electrons. The first-order valence-corrected chi connectivity index (χ1v) is 11.4. The minimum absolute atomic E-state index is 0.224. The average molecular weight is 467 g/mol. The van der Waals surface area contributed by atoms with Crippen molar-refractivity contribution in [3.05, 3.63) is 40.3 Å². The maximum atomic E-state index is 12.8. The summed E-state index contributed by atoms with van der Waals surface area (Å²) in [6.07, 6.45) is 0. The third-order valence-electron chi connectivity index (χ3n) is 4.71. The molecule has 32 heavy (non-hydrogen) atoms. The van der Waals surface area contributed by atoms with Crippen molar-refractivity contribution in [3.63, 3.8) is 0 Å². The molecule has 11 heteroatoms. The molecule has 1 aromatic carbocycles. The highest BCUT2D eigenvalue weighted by Gasteiger charge is 2.24. The van der Waals surface area contributed by atoms with Crippen molar-refractivity contribution < 1.29 is 14.3 Å². The number of anilines is 1. The van der Waals surface area contributed by atoms with Crippen molar-refractivity contribution in [3.8, 4) is 6.07 Å². The Morgan fingerprint density at radius 2 is 2.12 bits per heavy atom. The molecule has 1 atom stereocenters. The van der Waals surface area contributed by atoms with Crippen LogP contribution < -0.4 is 5.32 Å². The van der Waals surface area contributed by atoms with E-state index in [1.807, 2.05) is 24.3 Å². The second-order valence-corrected chi connectivity index (χ2v) is 9.13. The summed E-state index contributed by atoms with van der Waals surface area (Å²) in [7, 11) is 0. The maximum absolute atomic E-state index is 12.8. The summed E-state index contributed by atoms with van der Waals surface area (Å²) in [6.45, 7) is 5.29. The lowest BCUT2D eigenvalue weighted by Gasteiger charge is -2.09. The number of nitrogens with zero attached hydrogens (tertiary/aromatic N) is 4. The molecule has 0 aliphatic heterocycles. The topological polar surface area (TPSA) is 134 Å². The first-order valence-electron chi connectivity index (χ1n) is 9.72. The van der Waals surface area contributed by atoms with Crippen LogP contribution >= 0.6 is 23.1 Å². The second-order valence-electron chi connectivity index (χ2n) is 6.80. The van der Waals surface area contributed by atoms with Crippen LogP contribution in [-0.4, -0.2) is 43.9 Å². The molecule has 0 aliphatic rings. The van der Waals surface area contributed by atoms with E-state index >= 15 is 0 Å². The predicted octanol–water partition coefficient (Wildman–Crippen LogP) is 4.04. The number of nitrogens with one attached hydrogen (secondary N) is 2. The molecule has 0 saturated heterocycles. The normalized spacial score (nSPS) is 11.9. The highest BCUT2D eigenvalue weighted by molar-refractivity contribution is 8.00. The molecule has 3 heterocycles. The molecule has 0 bridgehead atoms. The van der Waals surface area contributed by atoms with Gasteiger partial charge in [0.1, 0.15) is 21.5 Å². The quantitative estimate of drug-likeness (QED) is 0.321. The summed E-state index contributed by atoms with van der Waals surface area (Å²) in [5.41, 5.74) is 2.91. The molecule has 162 valence electrons. The van der Waals surface area contributed by atoms with E-state index in [1.165, 1.54) is 0 Å². The number of amides is 1. The Labute approximate surface area is 191 Å². The fourth-order valence-electron chi connectivity index (χ4n) is 3.11. The van der Waals surface area contributed by atoms with Gasteiger partial charge in [-0.25, -0.2) is 9.78 Å². The van der Waals surface area contributed by atoms with Crippen LogP contribution in [0, 0.1) is 18.3 Å². The van der Waals surface area contributed by atoms with E-state index in [0.717, 1.165) is 34.0 Å². The number of benzene rings is 1. The first kappa shape index (κ1) is 21.7. The van der Waals surface area contributed by atoms with E-state index in [9.17, 15) is 14.9 Å². The number of aromatic nitrogens is 4. The van der Waals surface area contributed by atoms with Gasteiger partial charge in [-0.1, -0.05) is 30.0 Å². The van der Waals surface area contributed by atoms with Crippen molar-refractivity contribution >= 4 is 62.0 Å². The van der Waals surface area contributed by atoms with E-state index in [4.69, 9.17) is 4.74 Å². The number of aromatic amines is 1. The number of H-pyrrole nitrogens is 1. The molecule has 4 rings (SSSR count). The Morgan fingerprint density at radius 3 is 2.88 bits per heavy atom. The van der Waals surface area contributed by atoms with Crippen LogP contribution in [0.25, 0.3) is 22.1 Å². The fraction of sp³-hybridized carbons (Fsp3) is 0.238. The number of fused-ring (bicyclic) bond motifs is 3. The van der Waals surface area contributed by atoms with Crippen molar-refractivity contribution in [1.82, 2.24) is 20.2 Å². The average Bonchev–Trinajstić information content (AvgIpc) is 3.30. The zero-order valence-electron chi connectivity index (χ0n) is 17.4. The molecule has 4 aromatic rings. The maximum Gasteiger partial charge on any atom is 0.348 e. The molecule has 2 N–H and O–H groups in total. The highest BCUT2D eigenvalue weighted by Crippen LogP contribution is 2.34. The second kappa shape index (κ2) is 8.94. The Bertz CT molecular complexity index is 1390. The molecular weight excluding hydrogens is 448 g/mol. The zero-order valence-corrected chi connectivity index (χ0v) is 19.1. The van der Waals surface area contributed by atoms with Crippen molar-refractivity contribution in [2.24, 2.45) is 0 Å². The van der Waals surface area contributed by atoms with Crippen LogP contribution in [-0.2, 0) is 9.53 Å². The van der Waals surface area contributed by atoms with Gasteiger partial charge in [-0.15, -0.1) is 21.5 Å². The Balaban J connectivity index is 1.52. The van der Waals surface area contributed by atoms with E-state index < -0.39 is 11.2 Å². The van der Waals surface area contributed by atoms with Crippen LogP contribution in [0.3, 0.4) is 0 Å². The summed E-state index contributed by atoms with van der Waals surface area (Å²) < 4.78 is 5.03. The summed E-state index contributed by atoms with van der Waals surface area (Å²) in [5, 5.41) is 21.7. The molecule has 1 amide bonds. The standard InChI is InChI=1S/C21H18N6O3S2/c1-4-30-20(29)16-10(2)13(9-22)19(32-16)25-18(28)11(3)31-21-24-17-15(26-27-21)12-7-5-6-8-14(12)23-17/h5-8,11H,4H2,1-3H3,(H,25,28)(H,23,24,27). The number of hydrogen-bond acceptors (Lipinski definition) is 9. The molecular formula is C21H18N6O3S2. The number of carbonyl (C=O) groups excluding carboxylic acids is 2. The Hall–Kier alpha value is -3.49. The summed E-state index contributed by atoms with van der Waals surface area (Å²) in [5.74, 6) is -0.857. The number of esters is 1. The number of hydrogen-bond donors (Lipinski definition) is 2. The van der Waals surface area contributed by atoms with E-state index in [0.29, 0.717) is 31.8 Å². The van der Waals surface area contributed by atoms with Gasteiger partial charge in [0.25, 0.3) is 0 Å². The smallest absolute Gasteiger partial charge is 0.348 e. The number of thioether (sulfide) groups is 1. The number of ether oxygens (including phenoxy) is 1. The van der Waals surface area contributed by atoms with Gasteiger partial charge in [0.15, 0.2) is 5.65 Å². The number of thiophene rings is 1. The first-order chi connectivity index (χ1) is 15.4.